The second-order valence-electron chi connectivity index (χ2n) is 7.15. The lowest BCUT2D eigenvalue weighted by Crippen LogP contribution is -2.23. The van der Waals surface area contributed by atoms with Crippen molar-refractivity contribution in [2.75, 3.05) is 19.8 Å². The molecule has 2 aromatic carbocycles. The molecule has 2 aliphatic rings. The van der Waals surface area contributed by atoms with Crippen LogP contribution in [-0.4, -0.2) is 34.4 Å². The van der Waals surface area contributed by atoms with Crippen LogP contribution in [0.2, 0.25) is 0 Å². The molecule has 3 aromatic rings. The molecule has 1 saturated heterocycles. The maximum Gasteiger partial charge on any atom is 0.161 e. The third-order valence-corrected chi connectivity index (χ3v) is 5.41. The fraction of sp³-hybridized carbons (Fsp3) is 0.318. The van der Waals surface area contributed by atoms with E-state index < -0.39 is 0 Å². The first-order valence-corrected chi connectivity index (χ1v) is 9.59. The monoisotopic (exact) mass is 361 g/mol. The molecule has 2 aliphatic heterocycles. The van der Waals surface area contributed by atoms with Gasteiger partial charge in [-0.2, -0.15) is 5.10 Å². The number of aromatic nitrogens is 2. The summed E-state index contributed by atoms with van der Waals surface area (Å²) < 4.78 is 13.3. The van der Waals surface area contributed by atoms with Crippen LogP contribution in [0.3, 0.4) is 0 Å². The maximum atomic E-state index is 5.77. The van der Waals surface area contributed by atoms with Crippen LogP contribution in [0.4, 0.5) is 0 Å². The van der Waals surface area contributed by atoms with Crippen molar-refractivity contribution in [2.45, 2.75) is 25.4 Å². The Balaban J connectivity index is 1.33. The third kappa shape index (κ3) is 3.30. The van der Waals surface area contributed by atoms with E-state index >= 15 is 0 Å². The number of rotatable bonds is 4. The van der Waals surface area contributed by atoms with Crippen molar-refractivity contribution in [2.24, 2.45) is 0 Å². The van der Waals surface area contributed by atoms with Crippen molar-refractivity contribution in [3.05, 3.63) is 72.1 Å². The van der Waals surface area contributed by atoms with Crippen LogP contribution in [0.15, 0.2) is 60.9 Å². The van der Waals surface area contributed by atoms with E-state index in [1.807, 2.05) is 16.9 Å². The van der Waals surface area contributed by atoms with E-state index in [4.69, 9.17) is 9.47 Å². The van der Waals surface area contributed by atoms with Crippen molar-refractivity contribution in [1.29, 1.82) is 0 Å². The van der Waals surface area contributed by atoms with Gasteiger partial charge in [-0.15, -0.1) is 0 Å². The number of ether oxygens (including phenoxy) is 2. The second-order valence-corrected chi connectivity index (χ2v) is 7.15. The lowest BCUT2D eigenvalue weighted by atomic mass is 10.0. The first-order chi connectivity index (χ1) is 13.4. The molecule has 0 spiro atoms. The summed E-state index contributed by atoms with van der Waals surface area (Å²) in [5.41, 5.74) is 3.74. The minimum absolute atomic E-state index is 0.437. The van der Waals surface area contributed by atoms with Crippen molar-refractivity contribution < 1.29 is 9.47 Å². The van der Waals surface area contributed by atoms with Gasteiger partial charge in [-0.25, -0.2) is 4.68 Å². The van der Waals surface area contributed by atoms with Gasteiger partial charge < -0.3 is 9.47 Å². The summed E-state index contributed by atoms with van der Waals surface area (Å²) in [7, 11) is 0. The van der Waals surface area contributed by atoms with Crippen LogP contribution in [0.25, 0.3) is 5.69 Å². The van der Waals surface area contributed by atoms with Crippen LogP contribution in [-0.2, 0) is 6.54 Å². The van der Waals surface area contributed by atoms with E-state index in [-0.39, 0.29) is 0 Å². The van der Waals surface area contributed by atoms with Gasteiger partial charge in [-0.3, -0.25) is 4.90 Å². The lowest BCUT2D eigenvalue weighted by Gasteiger charge is -2.26. The SMILES string of the molecule is c1cnn(-c2ccc(CN3CCCC3c3ccc4c(c3)OCCO4)cc2)c1. The number of hydrogen-bond acceptors (Lipinski definition) is 4. The summed E-state index contributed by atoms with van der Waals surface area (Å²) in [5.74, 6) is 1.75. The van der Waals surface area contributed by atoms with E-state index in [0.29, 0.717) is 19.3 Å². The normalized spacial score (nSPS) is 19.3. The maximum absolute atomic E-state index is 5.77. The molecular weight excluding hydrogens is 338 g/mol. The smallest absolute Gasteiger partial charge is 0.161 e. The number of likely N-dealkylation sites (tertiary alicyclic amines) is 1. The predicted molar refractivity (Wildman–Crippen MR) is 103 cm³/mol. The third-order valence-electron chi connectivity index (χ3n) is 5.41. The zero-order chi connectivity index (χ0) is 18.1. The van der Waals surface area contributed by atoms with Crippen LogP contribution in [0.1, 0.15) is 30.0 Å². The Morgan fingerprint density at radius 3 is 2.67 bits per heavy atom. The molecule has 0 amide bonds. The van der Waals surface area contributed by atoms with E-state index in [0.717, 1.165) is 30.3 Å². The highest BCUT2D eigenvalue weighted by molar-refractivity contribution is 5.45. The van der Waals surface area contributed by atoms with Crippen LogP contribution >= 0.6 is 0 Å². The predicted octanol–water partition coefficient (Wildman–Crippen LogP) is 3.98. The summed E-state index contributed by atoms with van der Waals surface area (Å²) >= 11 is 0. The molecule has 0 N–H and O–H groups in total. The highest BCUT2D eigenvalue weighted by Crippen LogP contribution is 2.38. The van der Waals surface area contributed by atoms with Gasteiger partial charge in [0.2, 0.25) is 0 Å². The number of benzene rings is 2. The van der Waals surface area contributed by atoms with Crippen LogP contribution in [0.5, 0.6) is 11.5 Å². The highest BCUT2D eigenvalue weighted by Gasteiger charge is 2.27. The van der Waals surface area contributed by atoms with E-state index in [1.165, 1.54) is 24.0 Å². The van der Waals surface area contributed by atoms with Crippen molar-refractivity contribution in [3.63, 3.8) is 0 Å². The summed E-state index contributed by atoms with van der Waals surface area (Å²) in [6.45, 7) is 3.35. The van der Waals surface area contributed by atoms with Gasteiger partial charge in [-0.1, -0.05) is 18.2 Å². The molecule has 5 nitrogen and oxygen atoms in total. The Morgan fingerprint density at radius 2 is 1.85 bits per heavy atom. The zero-order valence-electron chi connectivity index (χ0n) is 15.3. The van der Waals surface area contributed by atoms with Crippen molar-refractivity contribution in [1.82, 2.24) is 14.7 Å². The van der Waals surface area contributed by atoms with Crippen LogP contribution in [0, 0.1) is 0 Å². The second kappa shape index (κ2) is 7.08. The Bertz CT molecular complexity index is 906. The number of hydrogen-bond donors (Lipinski definition) is 0. The van der Waals surface area contributed by atoms with Gasteiger partial charge in [0.15, 0.2) is 11.5 Å². The van der Waals surface area contributed by atoms with Crippen molar-refractivity contribution >= 4 is 0 Å². The molecule has 0 radical (unpaired) electrons. The first kappa shape index (κ1) is 16.4. The number of nitrogens with zero attached hydrogens (tertiary/aromatic N) is 3. The quantitative estimate of drug-likeness (QED) is 0.705. The molecule has 0 aliphatic carbocycles. The van der Waals surface area contributed by atoms with Gasteiger partial charge in [0.1, 0.15) is 13.2 Å². The molecule has 138 valence electrons. The van der Waals surface area contributed by atoms with Gasteiger partial charge in [0.25, 0.3) is 0 Å². The minimum atomic E-state index is 0.437. The fourth-order valence-electron chi connectivity index (χ4n) is 4.07. The summed E-state index contributed by atoms with van der Waals surface area (Å²) in [6, 6.07) is 17.5. The summed E-state index contributed by atoms with van der Waals surface area (Å²) in [4.78, 5) is 2.56. The van der Waals surface area contributed by atoms with Gasteiger partial charge in [0, 0.05) is 25.0 Å². The largest absolute Gasteiger partial charge is 0.486 e. The fourth-order valence-corrected chi connectivity index (χ4v) is 4.07. The molecule has 1 atom stereocenters. The zero-order valence-corrected chi connectivity index (χ0v) is 15.3. The molecule has 1 aromatic heterocycles. The highest BCUT2D eigenvalue weighted by atomic mass is 16.6. The molecule has 27 heavy (non-hydrogen) atoms. The molecule has 0 saturated carbocycles. The van der Waals surface area contributed by atoms with E-state index in [2.05, 4.69) is 52.5 Å². The molecule has 1 fully saturated rings. The summed E-state index contributed by atoms with van der Waals surface area (Å²) in [6.07, 6.45) is 6.18. The van der Waals surface area contributed by atoms with Crippen LogP contribution < -0.4 is 9.47 Å². The van der Waals surface area contributed by atoms with Crippen molar-refractivity contribution in [3.8, 4) is 17.2 Å². The van der Waals surface area contributed by atoms with Gasteiger partial charge in [-0.05, 0) is 60.8 Å². The van der Waals surface area contributed by atoms with E-state index in [1.54, 1.807) is 6.20 Å². The standard InChI is InChI=1S/C22H23N3O2/c1-3-20(18-6-9-21-22(15-18)27-14-13-26-21)24(11-1)16-17-4-7-19(8-5-17)25-12-2-10-23-25/h2,4-10,12,15,20H,1,3,11,13-14,16H2. The molecule has 3 heterocycles. The average Bonchev–Trinajstić information content (AvgIpc) is 3.40. The van der Waals surface area contributed by atoms with Gasteiger partial charge >= 0.3 is 0 Å². The van der Waals surface area contributed by atoms with E-state index in [9.17, 15) is 0 Å². The first-order valence-electron chi connectivity index (χ1n) is 9.59. The minimum Gasteiger partial charge on any atom is -0.486 e. The molecule has 1 unspecified atom stereocenters. The Hall–Kier alpha value is -2.79. The Morgan fingerprint density at radius 1 is 1.00 bits per heavy atom. The average molecular weight is 361 g/mol. The Kier molecular flexibility index (Phi) is 4.30. The number of fused-ring (bicyclic) bond motifs is 1. The molecule has 5 rings (SSSR count). The summed E-state index contributed by atoms with van der Waals surface area (Å²) in [5, 5.41) is 4.29. The Labute approximate surface area is 159 Å². The van der Waals surface area contributed by atoms with Gasteiger partial charge in [0.05, 0.1) is 5.69 Å². The topological polar surface area (TPSA) is 39.5 Å². The lowest BCUT2D eigenvalue weighted by molar-refractivity contribution is 0.170. The molecule has 5 heteroatoms. The molecular formula is C22H23N3O2. The molecule has 0 bridgehead atoms.